The zero-order valence-corrected chi connectivity index (χ0v) is 8.73. The van der Waals surface area contributed by atoms with Crippen LogP contribution in [0.25, 0.3) is 0 Å². The molecule has 2 rings (SSSR count). The molecule has 0 N–H and O–H groups in total. The van der Waals surface area contributed by atoms with Gasteiger partial charge in [-0.25, -0.2) is 4.98 Å². The van der Waals surface area contributed by atoms with Gasteiger partial charge in [-0.2, -0.15) is 0 Å². The third-order valence-electron chi connectivity index (χ3n) is 2.03. The molecule has 0 atom stereocenters. The SMILES string of the molecule is CSc1ncc(OC2CC2)cc1C. The van der Waals surface area contributed by atoms with Gasteiger partial charge in [0, 0.05) is 0 Å². The highest BCUT2D eigenvalue weighted by atomic mass is 32.2. The van der Waals surface area contributed by atoms with Crippen molar-refractivity contribution in [3.8, 4) is 5.75 Å². The molecule has 0 radical (unpaired) electrons. The van der Waals surface area contributed by atoms with Gasteiger partial charge in [-0.1, -0.05) is 0 Å². The summed E-state index contributed by atoms with van der Waals surface area (Å²) in [5.41, 5.74) is 1.20. The molecule has 1 aliphatic rings. The van der Waals surface area contributed by atoms with Crippen LogP contribution in [-0.4, -0.2) is 17.3 Å². The van der Waals surface area contributed by atoms with E-state index in [1.54, 1.807) is 11.8 Å². The third-order valence-corrected chi connectivity index (χ3v) is 2.84. The standard InChI is InChI=1S/C10H13NOS/c1-7-5-9(12-8-3-4-8)6-11-10(7)13-2/h5-6,8H,3-4H2,1-2H3. The monoisotopic (exact) mass is 195 g/mol. The number of aromatic nitrogens is 1. The van der Waals surface area contributed by atoms with Gasteiger partial charge in [0.25, 0.3) is 0 Å². The Balaban J connectivity index is 2.13. The van der Waals surface area contributed by atoms with Crippen LogP contribution in [0.15, 0.2) is 17.3 Å². The maximum Gasteiger partial charge on any atom is 0.138 e. The molecule has 13 heavy (non-hydrogen) atoms. The average molecular weight is 195 g/mol. The topological polar surface area (TPSA) is 22.1 Å². The second kappa shape index (κ2) is 3.58. The van der Waals surface area contributed by atoms with Crippen molar-refractivity contribution in [2.75, 3.05) is 6.26 Å². The minimum Gasteiger partial charge on any atom is -0.489 e. The highest BCUT2D eigenvalue weighted by Crippen LogP contribution is 2.28. The molecule has 0 bridgehead atoms. The molecule has 1 saturated carbocycles. The molecule has 1 aliphatic carbocycles. The van der Waals surface area contributed by atoms with E-state index >= 15 is 0 Å². The summed E-state index contributed by atoms with van der Waals surface area (Å²) in [7, 11) is 0. The maximum absolute atomic E-state index is 5.63. The maximum atomic E-state index is 5.63. The molecular formula is C10H13NOS. The van der Waals surface area contributed by atoms with Crippen LogP contribution in [0.1, 0.15) is 18.4 Å². The van der Waals surface area contributed by atoms with E-state index < -0.39 is 0 Å². The number of aryl methyl sites for hydroxylation is 1. The number of rotatable bonds is 3. The minimum absolute atomic E-state index is 0.460. The first kappa shape index (κ1) is 8.88. The van der Waals surface area contributed by atoms with Crippen LogP contribution in [0.2, 0.25) is 0 Å². The summed E-state index contributed by atoms with van der Waals surface area (Å²) in [6.45, 7) is 2.07. The highest BCUT2D eigenvalue weighted by Gasteiger charge is 2.23. The zero-order chi connectivity index (χ0) is 9.26. The van der Waals surface area contributed by atoms with Crippen molar-refractivity contribution in [3.05, 3.63) is 17.8 Å². The lowest BCUT2D eigenvalue weighted by molar-refractivity contribution is 0.301. The van der Waals surface area contributed by atoms with E-state index in [9.17, 15) is 0 Å². The summed E-state index contributed by atoms with van der Waals surface area (Å²) in [6, 6.07) is 2.07. The molecule has 2 nitrogen and oxygen atoms in total. The lowest BCUT2D eigenvalue weighted by Crippen LogP contribution is -1.97. The van der Waals surface area contributed by atoms with E-state index in [1.165, 1.54) is 18.4 Å². The van der Waals surface area contributed by atoms with Crippen LogP contribution < -0.4 is 4.74 Å². The number of nitrogens with zero attached hydrogens (tertiary/aromatic N) is 1. The summed E-state index contributed by atoms with van der Waals surface area (Å²) < 4.78 is 5.63. The van der Waals surface area contributed by atoms with E-state index in [0.717, 1.165) is 10.8 Å². The van der Waals surface area contributed by atoms with Crippen molar-refractivity contribution in [1.82, 2.24) is 4.98 Å². The van der Waals surface area contributed by atoms with Crippen LogP contribution >= 0.6 is 11.8 Å². The van der Waals surface area contributed by atoms with Crippen molar-refractivity contribution in [2.24, 2.45) is 0 Å². The van der Waals surface area contributed by atoms with Gasteiger partial charge >= 0.3 is 0 Å². The van der Waals surface area contributed by atoms with Gasteiger partial charge in [-0.3, -0.25) is 0 Å². The van der Waals surface area contributed by atoms with Crippen molar-refractivity contribution < 1.29 is 4.74 Å². The van der Waals surface area contributed by atoms with Gasteiger partial charge in [0.05, 0.1) is 17.3 Å². The average Bonchev–Trinajstić information content (AvgIpc) is 2.89. The van der Waals surface area contributed by atoms with E-state index in [1.807, 2.05) is 12.5 Å². The molecule has 1 aromatic rings. The van der Waals surface area contributed by atoms with Crippen LogP contribution in [-0.2, 0) is 0 Å². The Bertz CT molecular complexity index is 310. The Hall–Kier alpha value is -0.700. The number of hydrogen-bond donors (Lipinski definition) is 0. The minimum atomic E-state index is 0.460. The summed E-state index contributed by atoms with van der Waals surface area (Å²) in [6.07, 6.45) is 6.71. The first-order chi connectivity index (χ1) is 6.29. The molecule has 0 unspecified atom stereocenters. The second-order valence-electron chi connectivity index (χ2n) is 3.31. The van der Waals surface area contributed by atoms with Gasteiger partial charge in [0.1, 0.15) is 5.75 Å². The predicted molar refractivity (Wildman–Crippen MR) is 54.4 cm³/mol. The van der Waals surface area contributed by atoms with E-state index in [4.69, 9.17) is 4.74 Å². The van der Waals surface area contributed by atoms with E-state index in [0.29, 0.717) is 6.10 Å². The molecule has 0 amide bonds. The van der Waals surface area contributed by atoms with E-state index in [2.05, 4.69) is 18.0 Å². The van der Waals surface area contributed by atoms with E-state index in [-0.39, 0.29) is 0 Å². The molecule has 3 heteroatoms. The largest absolute Gasteiger partial charge is 0.489 e. The second-order valence-corrected chi connectivity index (χ2v) is 4.11. The predicted octanol–water partition coefficient (Wildman–Crippen LogP) is 2.65. The Morgan fingerprint density at radius 1 is 1.54 bits per heavy atom. The van der Waals surface area contributed by atoms with Gasteiger partial charge in [-0.15, -0.1) is 11.8 Å². The molecule has 1 heterocycles. The lowest BCUT2D eigenvalue weighted by atomic mass is 10.3. The zero-order valence-electron chi connectivity index (χ0n) is 7.91. The Morgan fingerprint density at radius 3 is 2.85 bits per heavy atom. The van der Waals surface area contributed by atoms with Crippen LogP contribution in [0.5, 0.6) is 5.75 Å². The summed E-state index contributed by atoms with van der Waals surface area (Å²) in [4.78, 5) is 4.32. The number of ether oxygens (including phenoxy) is 1. The third kappa shape index (κ3) is 2.15. The number of thioether (sulfide) groups is 1. The molecule has 0 saturated heterocycles. The number of pyridine rings is 1. The summed E-state index contributed by atoms with van der Waals surface area (Å²) in [5, 5.41) is 1.09. The fourth-order valence-corrected chi connectivity index (χ4v) is 1.73. The molecule has 0 aromatic carbocycles. The summed E-state index contributed by atoms with van der Waals surface area (Å²) >= 11 is 1.67. The first-order valence-electron chi connectivity index (χ1n) is 4.47. The van der Waals surface area contributed by atoms with Gasteiger partial charge in [-0.05, 0) is 37.7 Å². The molecule has 0 spiro atoms. The fourth-order valence-electron chi connectivity index (χ4n) is 1.19. The summed E-state index contributed by atoms with van der Waals surface area (Å²) in [5.74, 6) is 0.915. The highest BCUT2D eigenvalue weighted by molar-refractivity contribution is 7.98. The van der Waals surface area contributed by atoms with Crippen molar-refractivity contribution in [3.63, 3.8) is 0 Å². The van der Waals surface area contributed by atoms with Crippen molar-refractivity contribution in [1.29, 1.82) is 0 Å². The van der Waals surface area contributed by atoms with Gasteiger partial charge in [0.2, 0.25) is 0 Å². The molecular weight excluding hydrogens is 182 g/mol. The first-order valence-corrected chi connectivity index (χ1v) is 5.69. The quantitative estimate of drug-likeness (QED) is 0.692. The van der Waals surface area contributed by atoms with Crippen LogP contribution in [0.4, 0.5) is 0 Å². The Morgan fingerprint density at radius 2 is 2.31 bits per heavy atom. The molecule has 1 aromatic heterocycles. The fraction of sp³-hybridized carbons (Fsp3) is 0.500. The molecule has 0 aliphatic heterocycles. The molecule has 1 fully saturated rings. The van der Waals surface area contributed by atoms with Gasteiger partial charge < -0.3 is 4.74 Å². The smallest absolute Gasteiger partial charge is 0.138 e. The van der Waals surface area contributed by atoms with Crippen molar-refractivity contribution in [2.45, 2.75) is 30.9 Å². The Labute approximate surface area is 82.7 Å². The Kier molecular flexibility index (Phi) is 2.44. The molecule has 70 valence electrons. The number of hydrogen-bond acceptors (Lipinski definition) is 3. The van der Waals surface area contributed by atoms with Crippen LogP contribution in [0.3, 0.4) is 0 Å². The van der Waals surface area contributed by atoms with Crippen LogP contribution in [0, 0.1) is 6.92 Å². The van der Waals surface area contributed by atoms with Gasteiger partial charge in [0.15, 0.2) is 0 Å². The van der Waals surface area contributed by atoms with Crippen molar-refractivity contribution >= 4 is 11.8 Å². The lowest BCUT2D eigenvalue weighted by Gasteiger charge is -2.06. The normalized spacial score (nSPS) is 15.8.